The lowest BCUT2D eigenvalue weighted by Crippen LogP contribution is -2.54. The summed E-state index contributed by atoms with van der Waals surface area (Å²) in [6, 6.07) is -0.0896. The maximum atomic E-state index is 12.8. The first kappa shape index (κ1) is 22.7. The number of ether oxygens (including phenoxy) is 1. The summed E-state index contributed by atoms with van der Waals surface area (Å²) in [4.78, 5) is 41.2. The van der Waals surface area contributed by atoms with Crippen LogP contribution >= 0.6 is 0 Å². The van der Waals surface area contributed by atoms with Crippen LogP contribution in [0.2, 0.25) is 0 Å². The third kappa shape index (κ3) is 6.25. The monoisotopic (exact) mass is 422 g/mol. The molecule has 170 valence electrons. The fourth-order valence-electron chi connectivity index (χ4n) is 4.62. The van der Waals surface area contributed by atoms with Gasteiger partial charge in [0, 0.05) is 31.7 Å². The van der Waals surface area contributed by atoms with Gasteiger partial charge in [0.1, 0.15) is 11.6 Å². The predicted molar refractivity (Wildman–Crippen MR) is 114 cm³/mol. The number of carbonyl (C=O) groups is 3. The second kappa shape index (κ2) is 9.88. The number of piperidine rings is 1. The molecule has 2 heterocycles. The van der Waals surface area contributed by atoms with Crippen LogP contribution in [0.15, 0.2) is 0 Å². The van der Waals surface area contributed by atoms with Crippen LogP contribution in [-0.2, 0) is 9.53 Å². The highest BCUT2D eigenvalue weighted by Crippen LogP contribution is 2.22. The minimum atomic E-state index is -0.578. The number of urea groups is 1. The van der Waals surface area contributed by atoms with Gasteiger partial charge < -0.3 is 20.3 Å². The number of likely N-dealkylation sites (tertiary alicyclic amines) is 2. The van der Waals surface area contributed by atoms with E-state index in [-0.39, 0.29) is 18.0 Å². The van der Waals surface area contributed by atoms with E-state index < -0.39 is 17.7 Å². The smallest absolute Gasteiger partial charge is 0.410 e. The molecule has 3 rings (SSSR count). The molecule has 30 heavy (non-hydrogen) atoms. The van der Waals surface area contributed by atoms with E-state index in [0.29, 0.717) is 32.1 Å². The van der Waals surface area contributed by atoms with Gasteiger partial charge in [-0.3, -0.25) is 9.69 Å². The maximum absolute atomic E-state index is 12.8. The first-order valence-corrected chi connectivity index (χ1v) is 11.6. The average molecular weight is 423 g/mol. The summed E-state index contributed by atoms with van der Waals surface area (Å²) in [7, 11) is 0. The van der Waals surface area contributed by atoms with E-state index in [1.165, 1.54) is 19.3 Å². The molecule has 1 aliphatic carbocycles. The van der Waals surface area contributed by atoms with Crippen LogP contribution in [0.1, 0.15) is 78.6 Å². The van der Waals surface area contributed by atoms with E-state index in [2.05, 4.69) is 10.6 Å². The molecule has 0 radical (unpaired) electrons. The van der Waals surface area contributed by atoms with Crippen molar-refractivity contribution in [2.75, 3.05) is 19.6 Å². The summed E-state index contributed by atoms with van der Waals surface area (Å²) >= 11 is 0. The van der Waals surface area contributed by atoms with Gasteiger partial charge in [0.05, 0.1) is 0 Å². The molecule has 1 saturated carbocycles. The van der Waals surface area contributed by atoms with Crippen molar-refractivity contribution in [3.63, 3.8) is 0 Å². The van der Waals surface area contributed by atoms with Crippen LogP contribution in [-0.4, -0.2) is 71.2 Å². The van der Waals surface area contributed by atoms with E-state index >= 15 is 0 Å². The van der Waals surface area contributed by atoms with E-state index in [4.69, 9.17) is 4.74 Å². The Morgan fingerprint density at radius 1 is 0.800 bits per heavy atom. The molecular formula is C22H38N4O4. The van der Waals surface area contributed by atoms with Gasteiger partial charge in [-0.25, -0.2) is 9.59 Å². The number of hydrogen-bond acceptors (Lipinski definition) is 4. The summed E-state index contributed by atoms with van der Waals surface area (Å²) in [5, 5.41) is 6.27. The molecule has 2 aliphatic heterocycles. The van der Waals surface area contributed by atoms with Crippen molar-refractivity contribution in [1.29, 1.82) is 0 Å². The van der Waals surface area contributed by atoms with Gasteiger partial charge in [-0.05, 0) is 59.3 Å². The highest BCUT2D eigenvalue weighted by Gasteiger charge is 2.37. The second-order valence-electron chi connectivity index (χ2n) is 9.89. The van der Waals surface area contributed by atoms with Crippen molar-refractivity contribution < 1.29 is 19.1 Å². The van der Waals surface area contributed by atoms with E-state index in [1.807, 2.05) is 25.7 Å². The zero-order valence-electron chi connectivity index (χ0n) is 18.7. The van der Waals surface area contributed by atoms with Crippen LogP contribution < -0.4 is 10.6 Å². The zero-order chi connectivity index (χ0) is 21.7. The van der Waals surface area contributed by atoms with E-state index in [0.717, 1.165) is 32.1 Å². The Kier molecular flexibility index (Phi) is 7.47. The summed E-state index contributed by atoms with van der Waals surface area (Å²) < 4.78 is 5.45. The molecule has 0 aromatic heterocycles. The lowest BCUT2D eigenvalue weighted by molar-refractivity contribution is -0.126. The van der Waals surface area contributed by atoms with Crippen molar-refractivity contribution in [2.24, 2.45) is 0 Å². The number of nitrogens with one attached hydrogen (secondary N) is 2. The summed E-state index contributed by atoms with van der Waals surface area (Å²) in [6.45, 7) is 7.32. The standard InChI is InChI=1S/C22H38N4O4/c1-22(2,3)30-21(29)26-13-7-10-18(26)19(27)23-17-11-14-25(15-12-17)20(28)24-16-8-5-4-6-9-16/h16-18H,4-15H2,1-3H3,(H,23,27)(H,24,28)/t18-/m1/s1. The maximum Gasteiger partial charge on any atom is 0.410 e. The predicted octanol–water partition coefficient (Wildman–Crippen LogP) is 3.01. The molecule has 0 aromatic rings. The molecule has 3 aliphatic rings. The number of nitrogens with zero attached hydrogens (tertiary/aromatic N) is 2. The molecule has 2 N–H and O–H groups in total. The SMILES string of the molecule is CC(C)(C)OC(=O)N1CCC[C@@H]1C(=O)NC1CCN(C(=O)NC2CCCCC2)CC1. The van der Waals surface area contributed by atoms with Gasteiger partial charge in [-0.15, -0.1) is 0 Å². The van der Waals surface area contributed by atoms with Crippen LogP contribution in [0.4, 0.5) is 9.59 Å². The molecule has 0 spiro atoms. The number of rotatable bonds is 3. The Labute approximate surface area is 180 Å². The van der Waals surface area contributed by atoms with Gasteiger partial charge in [-0.1, -0.05) is 19.3 Å². The molecule has 8 nitrogen and oxygen atoms in total. The molecule has 8 heteroatoms. The fourth-order valence-corrected chi connectivity index (χ4v) is 4.62. The van der Waals surface area contributed by atoms with Crippen LogP contribution in [0, 0.1) is 0 Å². The van der Waals surface area contributed by atoms with Crippen molar-refractivity contribution in [1.82, 2.24) is 20.4 Å². The molecule has 4 amide bonds. The first-order chi connectivity index (χ1) is 14.2. The summed E-state index contributed by atoms with van der Waals surface area (Å²) in [5.41, 5.74) is -0.578. The second-order valence-corrected chi connectivity index (χ2v) is 9.89. The van der Waals surface area contributed by atoms with Gasteiger partial charge in [0.15, 0.2) is 0 Å². The molecule has 1 atom stereocenters. The van der Waals surface area contributed by atoms with Crippen LogP contribution in [0.5, 0.6) is 0 Å². The highest BCUT2D eigenvalue weighted by atomic mass is 16.6. The molecule has 0 bridgehead atoms. The largest absolute Gasteiger partial charge is 0.444 e. The Balaban J connectivity index is 1.43. The Morgan fingerprint density at radius 2 is 1.43 bits per heavy atom. The number of carbonyl (C=O) groups excluding carboxylic acids is 3. The quantitative estimate of drug-likeness (QED) is 0.731. The third-order valence-electron chi connectivity index (χ3n) is 6.24. The minimum Gasteiger partial charge on any atom is -0.444 e. The van der Waals surface area contributed by atoms with Crippen LogP contribution in [0.3, 0.4) is 0 Å². The normalized spacial score (nSPS) is 23.9. The molecule has 3 fully saturated rings. The van der Waals surface area contributed by atoms with Gasteiger partial charge >= 0.3 is 12.1 Å². The molecular weight excluding hydrogens is 384 g/mol. The Hall–Kier alpha value is -1.99. The Bertz CT molecular complexity index is 619. The van der Waals surface area contributed by atoms with E-state index in [1.54, 1.807) is 4.90 Å². The molecule has 2 saturated heterocycles. The van der Waals surface area contributed by atoms with Gasteiger partial charge in [0.2, 0.25) is 5.91 Å². The van der Waals surface area contributed by atoms with Gasteiger partial charge in [0.25, 0.3) is 0 Å². The topological polar surface area (TPSA) is 91.0 Å². The number of hydrogen-bond donors (Lipinski definition) is 2. The van der Waals surface area contributed by atoms with E-state index in [9.17, 15) is 14.4 Å². The van der Waals surface area contributed by atoms with Crippen molar-refractivity contribution in [3.8, 4) is 0 Å². The van der Waals surface area contributed by atoms with Crippen molar-refractivity contribution in [3.05, 3.63) is 0 Å². The lowest BCUT2D eigenvalue weighted by Gasteiger charge is -2.35. The van der Waals surface area contributed by atoms with Crippen molar-refractivity contribution >= 4 is 18.0 Å². The average Bonchev–Trinajstić information content (AvgIpc) is 3.18. The Morgan fingerprint density at radius 3 is 2.07 bits per heavy atom. The number of amides is 4. The van der Waals surface area contributed by atoms with Crippen LogP contribution in [0.25, 0.3) is 0 Å². The molecule has 0 unspecified atom stereocenters. The summed E-state index contributed by atoms with van der Waals surface area (Å²) in [6.07, 6.45) is 8.33. The highest BCUT2D eigenvalue weighted by molar-refractivity contribution is 5.86. The lowest BCUT2D eigenvalue weighted by atomic mass is 9.95. The first-order valence-electron chi connectivity index (χ1n) is 11.6. The zero-order valence-corrected chi connectivity index (χ0v) is 18.7. The summed E-state index contributed by atoms with van der Waals surface area (Å²) in [5.74, 6) is -0.108. The molecule has 0 aromatic carbocycles. The fraction of sp³-hybridized carbons (Fsp3) is 0.864. The van der Waals surface area contributed by atoms with Gasteiger partial charge in [-0.2, -0.15) is 0 Å². The third-order valence-corrected chi connectivity index (χ3v) is 6.24. The van der Waals surface area contributed by atoms with Crippen molar-refractivity contribution in [2.45, 2.75) is 102 Å². The minimum absolute atomic E-state index is 0.0265.